The second-order valence-corrected chi connectivity index (χ2v) is 5.92. The molecule has 0 amide bonds. The molecule has 1 fully saturated rings. The molecule has 0 atom stereocenters. The SMILES string of the molecule is CC[C@H]1CC[C@H](c2ccc(I)cc2)CC1. The van der Waals surface area contributed by atoms with Crippen LogP contribution in [0.2, 0.25) is 0 Å². The Bertz CT molecular complexity index is 294. The average Bonchev–Trinajstić information content (AvgIpc) is 2.30. The molecule has 1 saturated carbocycles. The maximum Gasteiger partial charge on any atom is 0.0130 e. The molecule has 1 aromatic carbocycles. The molecule has 1 aliphatic rings. The van der Waals surface area contributed by atoms with Crippen LogP contribution in [0.25, 0.3) is 0 Å². The monoisotopic (exact) mass is 314 g/mol. The van der Waals surface area contributed by atoms with E-state index in [1.165, 1.54) is 35.7 Å². The van der Waals surface area contributed by atoms with E-state index < -0.39 is 0 Å². The predicted molar refractivity (Wildman–Crippen MR) is 74.1 cm³/mol. The summed E-state index contributed by atoms with van der Waals surface area (Å²) in [6, 6.07) is 9.11. The van der Waals surface area contributed by atoms with Gasteiger partial charge in [0.05, 0.1) is 0 Å². The Morgan fingerprint density at radius 3 is 2.20 bits per heavy atom. The van der Waals surface area contributed by atoms with Gasteiger partial charge in [0.1, 0.15) is 0 Å². The maximum absolute atomic E-state index is 2.38. The first-order chi connectivity index (χ1) is 7.29. The van der Waals surface area contributed by atoms with Crippen molar-refractivity contribution in [3.05, 3.63) is 33.4 Å². The van der Waals surface area contributed by atoms with Gasteiger partial charge in [0.15, 0.2) is 0 Å². The van der Waals surface area contributed by atoms with Crippen LogP contribution in [0.3, 0.4) is 0 Å². The second kappa shape index (κ2) is 5.33. The molecule has 15 heavy (non-hydrogen) atoms. The molecular weight excluding hydrogens is 295 g/mol. The van der Waals surface area contributed by atoms with Crippen molar-refractivity contribution < 1.29 is 0 Å². The van der Waals surface area contributed by atoms with Crippen molar-refractivity contribution in [1.82, 2.24) is 0 Å². The van der Waals surface area contributed by atoms with E-state index in [0.29, 0.717) is 0 Å². The fourth-order valence-corrected chi connectivity index (χ4v) is 3.00. The van der Waals surface area contributed by atoms with Gasteiger partial charge in [-0.1, -0.05) is 25.5 Å². The van der Waals surface area contributed by atoms with E-state index in [-0.39, 0.29) is 0 Å². The van der Waals surface area contributed by atoms with Crippen LogP contribution in [0.4, 0.5) is 0 Å². The first-order valence-electron chi connectivity index (χ1n) is 6.05. The van der Waals surface area contributed by atoms with Crippen molar-refractivity contribution in [2.24, 2.45) is 5.92 Å². The van der Waals surface area contributed by atoms with Crippen molar-refractivity contribution >= 4 is 22.6 Å². The minimum absolute atomic E-state index is 0.838. The molecule has 0 spiro atoms. The summed E-state index contributed by atoms with van der Waals surface area (Å²) in [5.41, 5.74) is 1.56. The molecule has 1 aromatic rings. The van der Waals surface area contributed by atoms with Crippen LogP contribution >= 0.6 is 22.6 Å². The third-order valence-corrected chi connectivity index (χ3v) is 4.48. The summed E-state index contributed by atoms with van der Waals surface area (Å²) in [6.07, 6.45) is 7.05. The number of hydrogen-bond acceptors (Lipinski definition) is 0. The first kappa shape index (κ1) is 11.4. The minimum Gasteiger partial charge on any atom is -0.0651 e. The summed E-state index contributed by atoms with van der Waals surface area (Å²) in [5.74, 6) is 1.84. The smallest absolute Gasteiger partial charge is 0.0130 e. The highest BCUT2D eigenvalue weighted by Gasteiger charge is 2.20. The second-order valence-electron chi connectivity index (χ2n) is 4.68. The summed E-state index contributed by atoms with van der Waals surface area (Å²) in [7, 11) is 0. The van der Waals surface area contributed by atoms with Crippen LogP contribution in [0.1, 0.15) is 50.5 Å². The molecule has 82 valence electrons. The highest BCUT2D eigenvalue weighted by molar-refractivity contribution is 14.1. The molecule has 0 aliphatic heterocycles. The normalized spacial score (nSPS) is 26.5. The average molecular weight is 314 g/mol. The largest absolute Gasteiger partial charge is 0.0651 e. The molecule has 0 aromatic heterocycles. The minimum atomic E-state index is 0.838. The van der Waals surface area contributed by atoms with Gasteiger partial charge in [-0.05, 0) is 77.8 Å². The molecule has 1 aliphatic carbocycles. The number of hydrogen-bond donors (Lipinski definition) is 0. The third kappa shape index (κ3) is 2.96. The molecule has 0 saturated heterocycles. The Balaban J connectivity index is 1.98. The van der Waals surface area contributed by atoms with Gasteiger partial charge in [-0.3, -0.25) is 0 Å². The zero-order chi connectivity index (χ0) is 10.7. The fraction of sp³-hybridized carbons (Fsp3) is 0.571. The lowest BCUT2D eigenvalue weighted by atomic mass is 9.78. The van der Waals surface area contributed by atoms with Crippen LogP contribution in [-0.4, -0.2) is 0 Å². The highest BCUT2D eigenvalue weighted by Crippen LogP contribution is 2.36. The topological polar surface area (TPSA) is 0 Å². The molecule has 0 unspecified atom stereocenters. The Kier molecular flexibility index (Phi) is 4.06. The third-order valence-electron chi connectivity index (χ3n) is 3.77. The number of benzene rings is 1. The zero-order valence-corrected chi connectivity index (χ0v) is 11.5. The van der Waals surface area contributed by atoms with Crippen LogP contribution < -0.4 is 0 Å². The van der Waals surface area contributed by atoms with Gasteiger partial charge in [0.25, 0.3) is 0 Å². The summed E-state index contributed by atoms with van der Waals surface area (Å²) < 4.78 is 1.35. The summed E-state index contributed by atoms with van der Waals surface area (Å²) in [5, 5.41) is 0. The summed E-state index contributed by atoms with van der Waals surface area (Å²) in [6.45, 7) is 2.33. The van der Waals surface area contributed by atoms with Crippen LogP contribution in [0, 0.1) is 9.49 Å². The lowest BCUT2D eigenvalue weighted by Gasteiger charge is -2.28. The molecule has 2 rings (SSSR count). The van der Waals surface area contributed by atoms with Crippen LogP contribution in [0.5, 0.6) is 0 Å². The van der Waals surface area contributed by atoms with E-state index in [4.69, 9.17) is 0 Å². The molecule has 1 heteroatoms. The Labute approximate surface area is 107 Å². The van der Waals surface area contributed by atoms with Gasteiger partial charge in [0, 0.05) is 3.57 Å². The van der Waals surface area contributed by atoms with Crippen LogP contribution in [-0.2, 0) is 0 Å². The molecular formula is C14H19I. The molecule has 0 radical (unpaired) electrons. The summed E-state index contributed by atoms with van der Waals surface area (Å²) in [4.78, 5) is 0. The van der Waals surface area contributed by atoms with Crippen molar-refractivity contribution in [2.45, 2.75) is 44.9 Å². The van der Waals surface area contributed by atoms with E-state index in [0.717, 1.165) is 11.8 Å². The van der Waals surface area contributed by atoms with E-state index in [1.54, 1.807) is 5.56 Å². The number of halogens is 1. The van der Waals surface area contributed by atoms with E-state index in [1.807, 2.05) is 0 Å². The molecule has 0 heterocycles. The van der Waals surface area contributed by atoms with E-state index in [9.17, 15) is 0 Å². The molecule has 0 bridgehead atoms. The molecule has 0 N–H and O–H groups in total. The Morgan fingerprint density at radius 1 is 1.07 bits per heavy atom. The van der Waals surface area contributed by atoms with E-state index >= 15 is 0 Å². The number of rotatable bonds is 2. The van der Waals surface area contributed by atoms with Crippen LogP contribution in [0.15, 0.2) is 24.3 Å². The quantitative estimate of drug-likeness (QED) is 0.676. The molecule has 0 nitrogen and oxygen atoms in total. The first-order valence-corrected chi connectivity index (χ1v) is 7.13. The van der Waals surface area contributed by atoms with Crippen molar-refractivity contribution in [1.29, 1.82) is 0 Å². The Hall–Kier alpha value is -0.0500. The van der Waals surface area contributed by atoms with Gasteiger partial charge in [-0.15, -0.1) is 0 Å². The van der Waals surface area contributed by atoms with Crippen molar-refractivity contribution in [3.8, 4) is 0 Å². The van der Waals surface area contributed by atoms with Gasteiger partial charge in [-0.2, -0.15) is 0 Å². The zero-order valence-electron chi connectivity index (χ0n) is 9.38. The lowest BCUT2D eigenvalue weighted by Crippen LogP contribution is -2.12. The van der Waals surface area contributed by atoms with Gasteiger partial charge >= 0.3 is 0 Å². The van der Waals surface area contributed by atoms with E-state index in [2.05, 4.69) is 53.8 Å². The predicted octanol–water partition coefficient (Wildman–Crippen LogP) is 4.98. The van der Waals surface area contributed by atoms with Gasteiger partial charge in [-0.25, -0.2) is 0 Å². The highest BCUT2D eigenvalue weighted by atomic mass is 127. The Morgan fingerprint density at radius 2 is 1.67 bits per heavy atom. The maximum atomic E-state index is 2.38. The standard InChI is InChI=1S/C14H19I/c1-2-11-3-5-12(6-4-11)13-7-9-14(15)10-8-13/h7-12H,2-6H2,1H3/t11-,12-. The van der Waals surface area contributed by atoms with Crippen molar-refractivity contribution in [2.75, 3.05) is 0 Å². The van der Waals surface area contributed by atoms with Gasteiger partial charge < -0.3 is 0 Å². The lowest BCUT2D eigenvalue weighted by molar-refractivity contribution is 0.319. The fourth-order valence-electron chi connectivity index (χ4n) is 2.64. The summed E-state index contributed by atoms with van der Waals surface area (Å²) >= 11 is 2.38. The van der Waals surface area contributed by atoms with Gasteiger partial charge in [0.2, 0.25) is 0 Å². The van der Waals surface area contributed by atoms with Crippen molar-refractivity contribution in [3.63, 3.8) is 0 Å².